The van der Waals surface area contributed by atoms with Gasteiger partial charge >= 0.3 is 0 Å². The molecule has 0 aliphatic carbocycles. The second kappa shape index (κ2) is 13.0. The molecule has 0 amide bonds. The van der Waals surface area contributed by atoms with Crippen LogP contribution in [0.3, 0.4) is 0 Å². The first-order chi connectivity index (χ1) is 15.5. The summed E-state index contributed by atoms with van der Waals surface area (Å²) in [7, 11) is 7.09. The van der Waals surface area contributed by atoms with E-state index in [1.807, 2.05) is 31.3 Å². The van der Waals surface area contributed by atoms with E-state index in [0.29, 0.717) is 19.8 Å². The Morgan fingerprint density at radius 3 is 2.48 bits per heavy atom. The van der Waals surface area contributed by atoms with Crippen LogP contribution in [0.1, 0.15) is 24.0 Å². The molecule has 1 heterocycles. The van der Waals surface area contributed by atoms with E-state index >= 15 is 0 Å². The Bertz CT molecular complexity index is 920. The van der Waals surface area contributed by atoms with E-state index in [1.54, 1.807) is 33.4 Å². The summed E-state index contributed by atoms with van der Waals surface area (Å²) in [5, 5.41) is 3.53. The van der Waals surface area contributed by atoms with E-state index < -0.39 is 0 Å². The number of likely N-dealkylation sites (N-methyl/N-ethyl adjacent to an activating group) is 1. The normalized spacial score (nSPS) is 15.4. The molecule has 2 aromatic rings. The zero-order valence-corrected chi connectivity index (χ0v) is 22.2. The molecule has 0 atom stereocenters. The number of guanidine groups is 1. The van der Waals surface area contributed by atoms with E-state index in [0.717, 1.165) is 54.4 Å². The maximum atomic E-state index is 13.9. The Hall–Kier alpha value is -2.07. The van der Waals surface area contributed by atoms with Crippen LogP contribution in [0.25, 0.3) is 0 Å². The molecule has 1 fully saturated rings. The SMILES string of the molecule is CN=C(NCC1(c2cccc(F)c2)CCOCC1)N(C)CCc1ccc(OC)c(OC)c1.I. The van der Waals surface area contributed by atoms with Crippen molar-refractivity contribution in [3.05, 3.63) is 59.4 Å². The number of hydrogen-bond donors (Lipinski definition) is 1. The van der Waals surface area contributed by atoms with Crippen molar-refractivity contribution in [1.29, 1.82) is 0 Å². The standard InChI is InChI=1S/C25H34FN3O3.HI/c1-27-24(29(2)13-10-19-8-9-22(30-3)23(16-19)31-4)28-18-25(11-14-32-15-12-25)20-6-5-7-21(26)17-20;/h5-9,16-17H,10-15,18H2,1-4H3,(H,27,28);1H. The first-order valence-corrected chi connectivity index (χ1v) is 11.0. The van der Waals surface area contributed by atoms with Gasteiger partial charge in [0, 0.05) is 45.8 Å². The van der Waals surface area contributed by atoms with Crippen molar-refractivity contribution < 1.29 is 18.6 Å². The summed E-state index contributed by atoms with van der Waals surface area (Å²) < 4.78 is 30.3. The van der Waals surface area contributed by atoms with Gasteiger partial charge in [-0.2, -0.15) is 0 Å². The third-order valence-electron chi connectivity index (χ3n) is 6.23. The van der Waals surface area contributed by atoms with Gasteiger partial charge in [0.15, 0.2) is 17.5 Å². The molecule has 0 aromatic heterocycles. The minimum atomic E-state index is -0.204. The topological polar surface area (TPSA) is 55.3 Å². The first kappa shape index (κ1) is 27.2. The number of aliphatic imine (C=N–C) groups is 1. The maximum absolute atomic E-state index is 13.9. The predicted octanol–water partition coefficient (Wildman–Crippen LogP) is 4.26. The average molecular weight is 571 g/mol. The molecule has 33 heavy (non-hydrogen) atoms. The monoisotopic (exact) mass is 571 g/mol. The summed E-state index contributed by atoms with van der Waals surface area (Å²) in [5.74, 6) is 2.06. The van der Waals surface area contributed by atoms with Gasteiger partial charge in [0.2, 0.25) is 0 Å². The minimum absolute atomic E-state index is 0. The van der Waals surface area contributed by atoms with E-state index in [1.165, 1.54) is 6.07 Å². The van der Waals surface area contributed by atoms with Crippen molar-refractivity contribution in [2.75, 3.05) is 54.6 Å². The summed E-state index contributed by atoms with van der Waals surface area (Å²) in [6.07, 6.45) is 2.52. The average Bonchev–Trinajstić information content (AvgIpc) is 2.83. The minimum Gasteiger partial charge on any atom is -0.493 e. The molecule has 1 aliphatic rings. The van der Waals surface area contributed by atoms with E-state index in [-0.39, 0.29) is 35.2 Å². The molecule has 1 saturated heterocycles. The van der Waals surface area contributed by atoms with Crippen molar-refractivity contribution in [3.8, 4) is 11.5 Å². The van der Waals surface area contributed by atoms with Crippen LogP contribution in [-0.4, -0.2) is 65.5 Å². The first-order valence-electron chi connectivity index (χ1n) is 11.0. The van der Waals surface area contributed by atoms with Gasteiger partial charge in [-0.1, -0.05) is 18.2 Å². The van der Waals surface area contributed by atoms with Gasteiger partial charge in [0.25, 0.3) is 0 Å². The zero-order chi connectivity index (χ0) is 23.0. The largest absolute Gasteiger partial charge is 0.493 e. The molecule has 1 N–H and O–H groups in total. The quantitative estimate of drug-likeness (QED) is 0.292. The van der Waals surface area contributed by atoms with Crippen molar-refractivity contribution in [2.24, 2.45) is 4.99 Å². The molecule has 0 saturated carbocycles. The number of hydrogen-bond acceptors (Lipinski definition) is 4. The highest BCUT2D eigenvalue weighted by Crippen LogP contribution is 2.34. The smallest absolute Gasteiger partial charge is 0.193 e. The fraction of sp³-hybridized carbons (Fsp3) is 0.480. The van der Waals surface area contributed by atoms with Crippen LogP contribution < -0.4 is 14.8 Å². The molecule has 0 unspecified atom stereocenters. The second-order valence-corrected chi connectivity index (χ2v) is 8.16. The number of halogens is 2. The number of benzene rings is 2. The number of methoxy groups -OCH3 is 2. The van der Waals surface area contributed by atoms with Crippen LogP contribution in [0.2, 0.25) is 0 Å². The van der Waals surface area contributed by atoms with E-state index in [2.05, 4.69) is 15.2 Å². The predicted molar refractivity (Wildman–Crippen MR) is 141 cm³/mol. The van der Waals surface area contributed by atoms with Gasteiger partial charge in [-0.25, -0.2) is 4.39 Å². The van der Waals surface area contributed by atoms with Crippen molar-refractivity contribution in [2.45, 2.75) is 24.7 Å². The fourth-order valence-corrected chi connectivity index (χ4v) is 4.22. The molecule has 182 valence electrons. The van der Waals surface area contributed by atoms with Crippen LogP contribution in [0.4, 0.5) is 4.39 Å². The summed E-state index contributed by atoms with van der Waals surface area (Å²) in [4.78, 5) is 6.58. The summed E-state index contributed by atoms with van der Waals surface area (Å²) >= 11 is 0. The Kier molecular flexibility index (Phi) is 10.7. The lowest BCUT2D eigenvalue weighted by Gasteiger charge is -2.39. The molecule has 0 spiro atoms. The maximum Gasteiger partial charge on any atom is 0.193 e. The van der Waals surface area contributed by atoms with Gasteiger partial charge in [-0.15, -0.1) is 24.0 Å². The van der Waals surface area contributed by atoms with Crippen LogP contribution in [-0.2, 0) is 16.6 Å². The summed E-state index contributed by atoms with van der Waals surface area (Å²) in [6, 6.07) is 12.9. The fourth-order valence-electron chi connectivity index (χ4n) is 4.22. The molecule has 6 nitrogen and oxygen atoms in total. The van der Waals surface area contributed by atoms with Gasteiger partial charge < -0.3 is 24.4 Å². The highest BCUT2D eigenvalue weighted by atomic mass is 127. The van der Waals surface area contributed by atoms with Crippen LogP contribution >= 0.6 is 24.0 Å². The lowest BCUT2D eigenvalue weighted by Crippen LogP contribution is -2.48. The Balaban J connectivity index is 0.00000385. The number of rotatable bonds is 8. The van der Waals surface area contributed by atoms with Crippen LogP contribution in [0.15, 0.2) is 47.5 Å². The van der Waals surface area contributed by atoms with Crippen LogP contribution in [0, 0.1) is 5.82 Å². The van der Waals surface area contributed by atoms with Gasteiger partial charge in [0.05, 0.1) is 14.2 Å². The molecule has 0 radical (unpaired) electrons. The Morgan fingerprint density at radius 2 is 1.85 bits per heavy atom. The Morgan fingerprint density at radius 1 is 1.12 bits per heavy atom. The highest BCUT2D eigenvalue weighted by Gasteiger charge is 2.35. The second-order valence-electron chi connectivity index (χ2n) is 8.16. The molecular weight excluding hydrogens is 536 g/mol. The van der Waals surface area contributed by atoms with E-state index in [4.69, 9.17) is 14.2 Å². The van der Waals surface area contributed by atoms with Crippen molar-refractivity contribution in [1.82, 2.24) is 10.2 Å². The van der Waals surface area contributed by atoms with E-state index in [9.17, 15) is 4.39 Å². The van der Waals surface area contributed by atoms with Gasteiger partial charge in [-0.05, 0) is 54.7 Å². The molecule has 0 bridgehead atoms. The molecule has 3 rings (SSSR count). The summed E-state index contributed by atoms with van der Waals surface area (Å²) in [5.41, 5.74) is 1.99. The number of nitrogens with zero attached hydrogens (tertiary/aromatic N) is 2. The van der Waals surface area contributed by atoms with Crippen molar-refractivity contribution in [3.63, 3.8) is 0 Å². The van der Waals surface area contributed by atoms with Crippen molar-refractivity contribution >= 4 is 29.9 Å². The molecule has 8 heteroatoms. The lowest BCUT2D eigenvalue weighted by molar-refractivity contribution is 0.0511. The Labute approximate surface area is 213 Å². The lowest BCUT2D eigenvalue weighted by atomic mass is 9.74. The number of ether oxygens (including phenoxy) is 3. The number of nitrogens with one attached hydrogen (secondary N) is 1. The molecule has 1 aliphatic heterocycles. The summed E-state index contributed by atoms with van der Waals surface area (Å²) in [6.45, 7) is 2.80. The molecule has 2 aromatic carbocycles. The van der Waals surface area contributed by atoms with Gasteiger partial charge in [-0.3, -0.25) is 4.99 Å². The zero-order valence-electron chi connectivity index (χ0n) is 19.9. The highest BCUT2D eigenvalue weighted by molar-refractivity contribution is 14.0. The third-order valence-corrected chi connectivity index (χ3v) is 6.23. The van der Waals surface area contributed by atoms with Crippen LogP contribution in [0.5, 0.6) is 11.5 Å². The molecular formula is C25H35FIN3O3. The van der Waals surface area contributed by atoms with Gasteiger partial charge in [0.1, 0.15) is 5.82 Å². The third kappa shape index (κ3) is 6.96.